The van der Waals surface area contributed by atoms with Crippen LogP contribution < -0.4 is 11.1 Å². The smallest absolute Gasteiger partial charge is 0.159 e. The lowest BCUT2D eigenvalue weighted by atomic mass is 10.1. The summed E-state index contributed by atoms with van der Waals surface area (Å²) in [5, 5.41) is 10.4. The molecule has 0 spiro atoms. The van der Waals surface area contributed by atoms with Crippen LogP contribution in [0.3, 0.4) is 0 Å². The van der Waals surface area contributed by atoms with Gasteiger partial charge in [-0.1, -0.05) is 12.1 Å². The number of hydrogen-bond donors (Lipinski definition) is 3. The molecule has 0 amide bonds. The maximum atomic E-state index is 13.2. The highest BCUT2D eigenvalue weighted by atomic mass is 19.2. The lowest BCUT2D eigenvalue weighted by molar-refractivity contribution is 0.507. The maximum absolute atomic E-state index is 13.2. The summed E-state index contributed by atoms with van der Waals surface area (Å²) in [6, 6.07) is 9.12. The van der Waals surface area contributed by atoms with E-state index in [2.05, 4.69) is 15.3 Å². The van der Waals surface area contributed by atoms with Gasteiger partial charge in [0.05, 0.1) is 17.2 Å². The summed E-state index contributed by atoms with van der Waals surface area (Å²) in [5.74, 6) is -1.24. The number of rotatable bonds is 5. The molecule has 0 aliphatic rings. The molecule has 0 aliphatic heterocycles. The van der Waals surface area contributed by atoms with Crippen molar-refractivity contribution in [2.24, 2.45) is 5.73 Å². The van der Waals surface area contributed by atoms with Crippen LogP contribution in [0.2, 0.25) is 0 Å². The predicted molar refractivity (Wildman–Crippen MR) is 94.2 cm³/mol. The quantitative estimate of drug-likeness (QED) is 0.621. The van der Waals surface area contributed by atoms with Crippen molar-refractivity contribution in [1.82, 2.24) is 9.97 Å². The summed E-state index contributed by atoms with van der Waals surface area (Å²) in [6.07, 6.45) is 4.09. The van der Waals surface area contributed by atoms with Gasteiger partial charge in [-0.15, -0.1) is 0 Å². The summed E-state index contributed by atoms with van der Waals surface area (Å²) in [5.41, 5.74) is 8.78. The largest absolute Gasteiger partial charge is 0.404 e. The molecule has 0 unspecified atom stereocenters. The molecule has 0 saturated heterocycles. The highest BCUT2D eigenvalue weighted by Crippen LogP contribution is 2.19. The average Bonchev–Trinajstić information content (AvgIpc) is 2.63. The minimum Gasteiger partial charge on any atom is -0.404 e. The number of benzene rings is 2. The Hall–Kier alpha value is -3.35. The van der Waals surface area contributed by atoms with Gasteiger partial charge in [-0.2, -0.15) is 0 Å². The van der Waals surface area contributed by atoms with E-state index >= 15 is 0 Å². The number of aromatic nitrogens is 2. The van der Waals surface area contributed by atoms with Crippen LogP contribution in [0.15, 0.2) is 48.8 Å². The number of fused-ring (bicyclic) bond motifs is 1. The molecule has 2 aromatic carbocycles. The highest BCUT2D eigenvalue weighted by molar-refractivity contribution is 6.08. The number of nitrogens with two attached hydrogens (primary N) is 1. The third-order valence-corrected chi connectivity index (χ3v) is 3.67. The second kappa shape index (κ2) is 7.04. The molecule has 0 atom stereocenters. The van der Waals surface area contributed by atoms with E-state index in [1.807, 2.05) is 0 Å². The number of anilines is 1. The lowest BCUT2D eigenvalue weighted by Gasteiger charge is -2.08. The molecule has 25 heavy (non-hydrogen) atoms. The minimum absolute atomic E-state index is 0.295. The van der Waals surface area contributed by atoms with E-state index in [1.165, 1.54) is 18.5 Å². The van der Waals surface area contributed by atoms with Crippen LogP contribution >= 0.6 is 0 Å². The van der Waals surface area contributed by atoms with Crippen molar-refractivity contribution in [2.75, 3.05) is 5.32 Å². The van der Waals surface area contributed by atoms with E-state index in [-0.39, 0.29) is 0 Å². The fraction of sp³-hybridized carbons (Fsp3) is 0.0556. The summed E-state index contributed by atoms with van der Waals surface area (Å²) >= 11 is 0. The van der Waals surface area contributed by atoms with Crippen molar-refractivity contribution >= 4 is 28.6 Å². The number of hydrogen-bond acceptors (Lipinski definition) is 5. The average molecular weight is 339 g/mol. The molecule has 1 aromatic heterocycles. The predicted octanol–water partition coefficient (Wildman–Crippen LogP) is 3.47. The molecule has 0 fully saturated rings. The Morgan fingerprint density at radius 1 is 1.12 bits per heavy atom. The number of nitrogens with one attached hydrogen (secondary N) is 2. The molecule has 4 N–H and O–H groups in total. The molecule has 3 aromatic rings. The first-order valence-electron chi connectivity index (χ1n) is 7.48. The summed E-state index contributed by atoms with van der Waals surface area (Å²) in [4.78, 5) is 8.77. The third-order valence-electron chi connectivity index (χ3n) is 3.67. The van der Waals surface area contributed by atoms with E-state index in [1.54, 1.807) is 24.4 Å². The first-order chi connectivity index (χ1) is 12.1. The van der Waals surface area contributed by atoms with E-state index < -0.39 is 11.6 Å². The van der Waals surface area contributed by atoms with Gasteiger partial charge < -0.3 is 16.5 Å². The van der Waals surface area contributed by atoms with Gasteiger partial charge in [0.15, 0.2) is 11.6 Å². The first-order valence-corrected chi connectivity index (χ1v) is 7.48. The highest BCUT2D eigenvalue weighted by Gasteiger charge is 2.05. The minimum atomic E-state index is -0.883. The van der Waals surface area contributed by atoms with Crippen LogP contribution in [0.5, 0.6) is 0 Å². The molecular formula is C18H15F2N5. The van der Waals surface area contributed by atoms with Crippen molar-refractivity contribution in [3.05, 3.63) is 71.6 Å². The van der Waals surface area contributed by atoms with Gasteiger partial charge in [-0.3, -0.25) is 4.98 Å². The van der Waals surface area contributed by atoms with E-state index in [0.717, 1.165) is 17.7 Å². The molecule has 126 valence electrons. The second-order valence-electron chi connectivity index (χ2n) is 5.33. The molecule has 5 nitrogen and oxygen atoms in total. The van der Waals surface area contributed by atoms with Crippen LogP contribution in [0.4, 0.5) is 14.6 Å². The molecule has 1 heterocycles. The Bertz CT molecular complexity index is 969. The molecule has 0 bridgehead atoms. The van der Waals surface area contributed by atoms with Crippen LogP contribution in [0.1, 0.15) is 11.1 Å². The van der Waals surface area contributed by atoms with Gasteiger partial charge in [-0.05, 0) is 35.4 Å². The van der Waals surface area contributed by atoms with Crippen molar-refractivity contribution < 1.29 is 8.78 Å². The molecule has 0 aliphatic carbocycles. The fourth-order valence-corrected chi connectivity index (χ4v) is 2.35. The normalized spacial score (nSPS) is 11.5. The number of allylic oxidation sites excluding steroid dienone is 1. The van der Waals surface area contributed by atoms with Gasteiger partial charge >= 0.3 is 0 Å². The maximum Gasteiger partial charge on any atom is 0.159 e. The monoisotopic (exact) mass is 339 g/mol. The standard InChI is InChI=1S/C18H15F2N5/c19-14-3-1-11(5-15(14)20)9-24-18-10-23-17-6-12(13(7-21)8-22)2-4-16(17)25-18/h1-8,10,21H,9,22H2,(H,24,25). The van der Waals surface area contributed by atoms with E-state index in [4.69, 9.17) is 11.1 Å². The van der Waals surface area contributed by atoms with Crippen molar-refractivity contribution in [1.29, 1.82) is 5.41 Å². The Kier molecular flexibility index (Phi) is 4.65. The van der Waals surface area contributed by atoms with Gasteiger partial charge in [0.25, 0.3) is 0 Å². The molecule has 0 saturated carbocycles. The Labute approximate surface area is 142 Å². The lowest BCUT2D eigenvalue weighted by Crippen LogP contribution is -2.03. The fourth-order valence-electron chi connectivity index (χ4n) is 2.35. The Balaban J connectivity index is 1.80. The second-order valence-corrected chi connectivity index (χ2v) is 5.33. The number of nitrogens with zero attached hydrogens (tertiary/aromatic N) is 2. The number of halogens is 2. The zero-order valence-corrected chi connectivity index (χ0v) is 13.1. The van der Waals surface area contributed by atoms with Crippen LogP contribution in [-0.4, -0.2) is 16.2 Å². The zero-order valence-electron chi connectivity index (χ0n) is 13.1. The summed E-state index contributed by atoms with van der Waals surface area (Å²) in [7, 11) is 0. The van der Waals surface area contributed by atoms with Crippen molar-refractivity contribution in [2.45, 2.75) is 6.54 Å². The third kappa shape index (κ3) is 3.60. The van der Waals surface area contributed by atoms with Crippen molar-refractivity contribution in [3.63, 3.8) is 0 Å². The molecular weight excluding hydrogens is 324 g/mol. The molecule has 0 radical (unpaired) electrons. The van der Waals surface area contributed by atoms with E-state index in [0.29, 0.717) is 34.5 Å². The first kappa shape index (κ1) is 16.5. The van der Waals surface area contributed by atoms with Crippen LogP contribution in [-0.2, 0) is 6.54 Å². The van der Waals surface area contributed by atoms with Crippen LogP contribution in [0, 0.1) is 17.0 Å². The Morgan fingerprint density at radius 3 is 2.68 bits per heavy atom. The molecule has 7 heteroatoms. The topological polar surface area (TPSA) is 87.7 Å². The van der Waals surface area contributed by atoms with Gasteiger partial charge in [0, 0.05) is 24.5 Å². The van der Waals surface area contributed by atoms with Gasteiger partial charge in [0.1, 0.15) is 5.82 Å². The molecule has 3 rings (SSSR count). The summed E-state index contributed by atoms with van der Waals surface area (Å²) < 4.78 is 26.1. The zero-order chi connectivity index (χ0) is 17.8. The van der Waals surface area contributed by atoms with Gasteiger partial charge in [0.2, 0.25) is 0 Å². The van der Waals surface area contributed by atoms with Crippen LogP contribution in [0.25, 0.3) is 16.6 Å². The summed E-state index contributed by atoms with van der Waals surface area (Å²) in [6.45, 7) is 0.295. The Morgan fingerprint density at radius 2 is 1.96 bits per heavy atom. The van der Waals surface area contributed by atoms with E-state index in [9.17, 15) is 8.78 Å². The van der Waals surface area contributed by atoms with Crippen molar-refractivity contribution in [3.8, 4) is 0 Å². The SMILES string of the molecule is N=CC(=CN)c1ccc2nc(NCc3ccc(F)c(F)c3)cnc2c1. The van der Waals surface area contributed by atoms with Gasteiger partial charge in [-0.25, -0.2) is 13.8 Å².